The third kappa shape index (κ3) is 2.76. The quantitative estimate of drug-likeness (QED) is 0.627. The van der Waals surface area contributed by atoms with Gasteiger partial charge in [-0.1, -0.05) is 12.8 Å². The summed E-state index contributed by atoms with van der Waals surface area (Å²) in [7, 11) is 0. The van der Waals surface area contributed by atoms with Crippen molar-refractivity contribution in [2.24, 2.45) is 0 Å². The number of halogens is 2. The highest BCUT2D eigenvalue weighted by Gasteiger charge is 2.22. The maximum absolute atomic E-state index is 13.7. The molecule has 0 unspecified atom stereocenters. The largest absolute Gasteiger partial charge is 0.398 e. The topological polar surface area (TPSA) is 69.6 Å². The Balaban J connectivity index is 1.88. The lowest BCUT2D eigenvalue weighted by Gasteiger charge is -2.11. The smallest absolute Gasteiger partial charge is 0.214 e. The third-order valence-corrected chi connectivity index (χ3v) is 5.24. The fourth-order valence-corrected chi connectivity index (χ4v) is 3.74. The van der Waals surface area contributed by atoms with Crippen LogP contribution in [0.4, 0.5) is 10.1 Å². The summed E-state index contributed by atoms with van der Waals surface area (Å²) >= 11 is 3.24. The van der Waals surface area contributed by atoms with Crippen molar-refractivity contribution in [2.45, 2.75) is 41.8 Å². The van der Waals surface area contributed by atoms with Crippen LogP contribution in [0.15, 0.2) is 22.2 Å². The first-order valence-electron chi connectivity index (χ1n) is 6.35. The van der Waals surface area contributed by atoms with Gasteiger partial charge in [0.2, 0.25) is 5.16 Å². The van der Waals surface area contributed by atoms with E-state index in [1.54, 1.807) is 6.07 Å². The Bertz CT molecular complexity index is 626. The summed E-state index contributed by atoms with van der Waals surface area (Å²) in [6, 6.07) is 3.42. The van der Waals surface area contributed by atoms with E-state index < -0.39 is 0 Å². The first-order chi connectivity index (χ1) is 9.65. The van der Waals surface area contributed by atoms with Gasteiger partial charge in [0.25, 0.3) is 0 Å². The normalized spacial score (nSPS) is 15.9. The van der Waals surface area contributed by atoms with Crippen LogP contribution in [0.1, 0.15) is 31.7 Å². The van der Waals surface area contributed by atoms with Crippen molar-refractivity contribution in [3.8, 4) is 0 Å². The SMILES string of the molecule is Nc1cc(I)c(F)cc1Sc1nnnn1C1CCCC1. The van der Waals surface area contributed by atoms with E-state index in [2.05, 4.69) is 15.5 Å². The molecule has 1 fully saturated rings. The highest BCUT2D eigenvalue weighted by molar-refractivity contribution is 14.1. The molecule has 20 heavy (non-hydrogen) atoms. The molecular formula is C12H13FIN5S. The molecule has 3 rings (SSSR count). The Morgan fingerprint density at radius 2 is 2.10 bits per heavy atom. The maximum Gasteiger partial charge on any atom is 0.214 e. The average Bonchev–Trinajstić information content (AvgIpc) is 3.06. The maximum atomic E-state index is 13.7. The van der Waals surface area contributed by atoms with E-state index in [0.717, 1.165) is 12.8 Å². The van der Waals surface area contributed by atoms with Gasteiger partial charge in [-0.3, -0.25) is 0 Å². The summed E-state index contributed by atoms with van der Waals surface area (Å²) < 4.78 is 16.0. The monoisotopic (exact) mass is 405 g/mol. The van der Waals surface area contributed by atoms with Crippen molar-refractivity contribution in [3.05, 3.63) is 21.5 Å². The summed E-state index contributed by atoms with van der Waals surface area (Å²) in [6.45, 7) is 0. The Morgan fingerprint density at radius 1 is 1.35 bits per heavy atom. The van der Waals surface area contributed by atoms with E-state index in [4.69, 9.17) is 5.73 Å². The predicted molar refractivity (Wildman–Crippen MR) is 83.0 cm³/mol. The summed E-state index contributed by atoms with van der Waals surface area (Å²) in [4.78, 5) is 0.650. The number of nitrogens with two attached hydrogens (primary N) is 1. The van der Waals surface area contributed by atoms with E-state index in [1.807, 2.05) is 27.3 Å². The number of aromatic nitrogens is 4. The van der Waals surface area contributed by atoms with Crippen molar-refractivity contribution >= 4 is 40.0 Å². The molecule has 8 heteroatoms. The van der Waals surface area contributed by atoms with Gasteiger partial charge in [0.15, 0.2) is 0 Å². The molecular weight excluding hydrogens is 392 g/mol. The minimum absolute atomic E-state index is 0.276. The second-order valence-corrected chi connectivity index (χ2v) is 6.92. The molecule has 1 aromatic heterocycles. The number of anilines is 1. The number of hydrogen-bond acceptors (Lipinski definition) is 5. The number of rotatable bonds is 3. The van der Waals surface area contributed by atoms with Crippen LogP contribution < -0.4 is 5.73 Å². The van der Waals surface area contributed by atoms with Crippen molar-refractivity contribution < 1.29 is 4.39 Å². The van der Waals surface area contributed by atoms with Crippen LogP contribution in [0.3, 0.4) is 0 Å². The molecule has 2 aromatic rings. The minimum Gasteiger partial charge on any atom is -0.398 e. The standard InChI is InChI=1S/C12H13FIN5S/c13-8-5-11(10(15)6-9(8)14)20-12-16-17-18-19(12)7-3-1-2-4-7/h5-7H,1-4,15H2. The number of tetrazole rings is 1. The molecule has 5 nitrogen and oxygen atoms in total. The Morgan fingerprint density at radius 3 is 2.85 bits per heavy atom. The van der Waals surface area contributed by atoms with Crippen molar-refractivity contribution in [1.29, 1.82) is 0 Å². The summed E-state index contributed by atoms with van der Waals surface area (Å²) in [6.07, 6.45) is 4.59. The lowest BCUT2D eigenvalue weighted by atomic mass is 10.3. The van der Waals surface area contributed by atoms with Crippen LogP contribution in [0.2, 0.25) is 0 Å². The van der Waals surface area contributed by atoms with Gasteiger partial charge in [-0.2, -0.15) is 0 Å². The fraction of sp³-hybridized carbons (Fsp3) is 0.417. The Hall–Kier alpha value is -0.900. The summed E-state index contributed by atoms with van der Waals surface area (Å²) in [5.74, 6) is -0.276. The van der Waals surface area contributed by atoms with Gasteiger partial charge in [0, 0.05) is 10.6 Å². The minimum atomic E-state index is -0.276. The molecule has 1 aliphatic rings. The van der Waals surface area contributed by atoms with Crippen LogP contribution in [0.25, 0.3) is 0 Å². The van der Waals surface area contributed by atoms with E-state index in [0.29, 0.717) is 25.4 Å². The zero-order chi connectivity index (χ0) is 14.1. The Labute approximate surface area is 133 Å². The van der Waals surface area contributed by atoms with E-state index in [9.17, 15) is 4.39 Å². The number of benzene rings is 1. The molecule has 0 bridgehead atoms. The molecule has 0 aliphatic heterocycles. The molecule has 0 saturated heterocycles. The van der Waals surface area contributed by atoms with Gasteiger partial charge in [0.1, 0.15) is 5.82 Å². The first-order valence-corrected chi connectivity index (χ1v) is 8.25. The molecule has 106 valence electrons. The van der Waals surface area contributed by atoms with E-state index >= 15 is 0 Å². The van der Waals surface area contributed by atoms with Gasteiger partial charge in [-0.05, 0) is 69.8 Å². The van der Waals surface area contributed by atoms with Crippen molar-refractivity contribution in [1.82, 2.24) is 20.2 Å². The second kappa shape index (κ2) is 5.84. The van der Waals surface area contributed by atoms with Crippen molar-refractivity contribution in [2.75, 3.05) is 5.73 Å². The molecule has 1 heterocycles. The predicted octanol–water partition coefficient (Wildman–Crippen LogP) is 3.27. The molecule has 0 atom stereocenters. The van der Waals surface area contributed by atoms with E-state index in [-0.39, 0.29) is 5.82 Å². The zero-order valence-corrected chi connectivity index (χ0v) is 13.6. The lowest BCUT2D eigenvalue weighted by Crippen LogP contribution is -2.08. The number of hydrogen-bond donors (Lipinski definition) is 1. The molecule has 1 saturated carbocycles. The fourth-order valence-electron chi connectivity index (χ4n) is 2.36. The van der Waals surface area contributed by atoms with Crippen LogP contribution in [0.5, 0.6) is 0 Å². The zero-order valence-electron chi connectivity index (χ0n) is 10.6. The van der Waals surface area contributed by atoms with Crippen molar-refractivity contribution in [3.63, 3.8) is 0 Å². The second-order valence-electron chi connectivity index (χ2n) is 4.75. The van der Waals surface area contributed by atoms with Gasteiger partial charge in [-0.25, -0.2) is 9.07 Å². The van der Waals surface area contributed by atoms with Gasteiger partial charge >= 0.3 is 0 Å². The summed E-state index contributed by atoms with van der Waals surface area (Å²) in [5.41, 5.74) is 6.48. The summed E-state index contributed by atoms with van der Waals surface area (Å²) in [5, 5.41) is 12.5. The molecule has 1 aliphatic carbocycles. The molecule has 2 N–H and O–H groups in total. The highest BCUT2D eigenvalue weighted by atomic mass is 127. The van der Waals surface area contributed by atoms with E-state index in [1.165, 1.54) is 30.7 Å². The first kappa shape index (κ1) is 14.1. The lowest BCUT2D eigenvalue weighted by molar-refractivity contribution is 0.423. The molecule has 0 radical (unpaired) electrons. The Kier molecular flexibility index (Phi) is 4.11. The van der Waals surface area contributed by atoms with Crippen LogP contribution in [-0.4, -0.2) is 20.2 Å². The van der Waals surface area contributed by atoms with Crippen LogP contribution >= 0.6 is 34.4 Å². The highest BCUT2D eigenvalue weighted by Crippen LogP contribution is 2.36. The third-order valence-electron chi connectivity index (χ3n) is 3.39. The number of nitrogens with zero attached hydrogens (tertiary/aromatic N) is 4. The van der Waals surface area contributed by atoms with Gasteiger partial charge in [-0.15, -0.1) is 5.10 Å². The molecule has 1 aromatic carbocycles. The van der Waals surface area contributed by atoms with Gasteiger partial charge in [0.05, 0.1) is 9.61 Å². The molecule has 0 amide bonds. The number of nitrogen functional groups attached to an aromatic ring is 1. The average molecular weight is 405 g/mol. The molecule has 0 spiro atoms. The van der Waals surface area contributed by atoms with Crippen LogP contribution in [0, 0.1) is 9.39 Å². The van der Waals surface area contributed by atoms with Crippen LogP contribution in [-0.2, 0) is 0 Å². The van der Waals surface area contributed by atoms with Gasteiger partial charge < -0.3 is 5.73 Å².